The summed E-state index contributed by atoms with van der Waals surface area (Å²) in [6.07, 6.45) is 14.3. The number of nitrogens with one attached hydrogen (secondary N) is 1. The van der Waals surface area contributed by atoms with Crippen molar-refractivity contribution in [3.63, 3.8) is 0 Å². The first-order valence-corrected chi connectivity index (χ1v) is 9.57. The van der Waals surface area contributed by atoms with Crippen LogP contribution in [-0.2, 0) is 0 Å². The van der Waals surface area contributed by atoms with Gasteiger partial charge in [-0.2, -0.15) is 0 Å². The van der Waals surface area contributed by atoms with Gasteiger partial charge in [0.25, 0.3) is 0 Å². The van der Waals surface area contributed by atoms with Gasteiger partial charge in [-0.15, -0.1) is 0 Å². The van der Waals surface area contributed by atoms with E-state index >= 15 is 0 Å². The Balaban J connectivity index is 1.80. The largest absolute Gasteiger partial charge is 0.385 e. The molecule has 1 aliphatic carbocycles. The van der Waals surface area contributed by atoms with Crippen LogP contribution in [0, 0.1) is 5.92 Å². The van der Waals surface area contributed by atoms with Gasteiger partial charge in [-0.3, -0.25) is 0 Å². The minimum Gasteiger partial charge on any atom is -0.385 e. The molecule has 0 saturated heterocycles. The second-order valence-electron chi connectivity index (χ2n) is 6.77. The molecule has 1 aliphatic rings. The van der Waals surface area contributed by atoms with Crippen LogP contribution >= 0.6 is 0 Å². The third-order valence-corrected chi connectivity index (χ3v) is 4.82. The summed E-state index contributed by atoms with van der Waals surface area (Å²) >= 11 is 0. The van der Waals surface area contributed by atoms with Gasteiger partial charge in [-0.25, -0.2) is 0 Å². The number of hydrogen-bond donors (Lipinski definition) is 1. The molecule has 1 saturated carbocycles. The number of anilines is 1. The van der Waals surface area contributed by atoms with Gasteiger partial charge < -0.3 is 5.32 Å². The Kier molecular flexibility index (Phi) is 9.30. The highest BCUT2D eigenvalue weighted by molar-refractivity contribution is 5.40. The minimum absolute atomic E-state index is 0.920. The molecule has 1 aromatic rings. The van der Waals surface area contributed by atoms with E-state index in [2.05, 4.69) is 53.8 Å². The number of hydrogen-bond acceptors (Lipinski definition) is 1. The summed E-state index contributed by atoms with van der Waals surface area (Å²) in [5.41, 5.74) is 1.21. The Morgan fingerprint density at radius 1 is 0.652 bits per heavy atom. The van der Waals surface area contributed by atoms with Gasteiger partial charge >= 0.3 is 0 Å². The fourth-order valence-electron chi connectivity index (χ4n) is 3.42. The van der Waals surface area contributed by atoms with E-state index in [0.29, 0.717) is 0 Å². The highest BCUT2D eigenvalue weighted by Gasteiger charge is 2.09. The van der Waals surface area contributed by atoms with Crippen molar-refractivity contribution >= 4 is 5.69 Å². The van der Waals surface area contributed by atoms with Crippen LogP contribution in [0.4, 0.5) is 5.69 Å². The zero-order chi connectivity index (χ0) is 16.0. The molecule has 1 fully saturated rings. The minimum atomic E-state index is 0.920. The van der Waals surface area contributed by atoms with Crippen molar-refractivity contribution < 1.29 is 0 Å². The van der Waals surface area contributed by atoms with E-state index in [1.54, 1.807) is 0 Å². The van der Waals surface area contributed by atoms with Crippen LogP contribution in [-0.4, -0.2) is 6.54 Å². The average Bonchev–Trinajstić information content (AvgIpc) is 2.59. The van der Waals surface area contributed by atoms with Crippen molar-refractivity contribution in [1.82, 2.24) is 0 Å². The average molecular weight is 312 g/mol. The first-order chi connectivity index (χ1) is 11.4. The van der Waals surface area contributed by atoms with E-state index in [0.717, 1.165) is 12.5 Å². The van der Waals surface area contributed by atoms with Crippen LogP contribution in [0.5, 0.6) is 0 Å². The molecule has 0 atom stereocenters. The maximum Gasteiger partial charge on any atom is 0.0340 e. The van der Waals surface area contributed by atoms with Crippen LogP contribution in [0.25, 0.3) is 0 Å². The third-order valence-electron chi connectivity index (χ3n) is 4.82. The van der Waals surface area contributed by atoms with E-state index in [1.165, 1.54) is 69.9 Å². The van der Waals surface area contributed by atoms with Gasteiger partial charge in [0.15, 0.2) is 0 Å². The van der Waals surface area contributed by atoms with E-state index in [9.17, 15) is 0 Å². The Hall–Kier alpha value is -1.50. The predicted molar refractivity (Wildman–Crippen MR) is 102 cm³/mol. The fourth-order valence-corrected chi connectivity index (χ4v) is 3.42. The maximum absolute atomic E-state index is 3.61. The van der Waals surface area contributed by atoms with Gasteiger partial charge in [0, 0.05) is 12.2 Å². The van der Waals surface area contributed by atoms with Crippen LogP contribution in [0.1, 0.15) is 64.2 Å². The SMILES string of the molecule is c1ccccc(NCCC2CCCCCCCCC2)cccc1. The zero-order valence-corrected chi connectivity index (χ0v) is 14.6. The van der Waals surface area contributed by atoms with E-state index in [1.807, 2.05) is 6.07 Å². The summed E-state index contributed by atoms with van der Waals surface area (Å²) in [4.78, 5) is 0. The number of rotatable bonds is 4. The summed E-state index contributed by atoms with van der Waals surface area (Å²) in [5, 5.41) is 3.61. The molecule has 23 heavy (non-hydrogen) atoms. The van der Waals surface area contributed by atoms with Crippen LogP contribution in [0.15, 0.2) is 54.6 Å². The first-order valence-electron chi connectivity index (χ1n) is 9.57. The fraction of sp³-hybridized carbons (Fsp3) is 0.545. The molecule has 2 rings (SSSR count). The molecule has 0 radical (unpaired) electrons. The molecular weight excluding hydrogens is 278 g/mol. The molecule has 0 aromatic heterocycles. The molecule has 1 N–H and O–H groups in total. The normalized spacial score (nSPS) is 17.0. The molecule has 0 bridgehead atoms. The molecule has 0 heterocycles. The second kappa shape index (κ2) is 12.0. The summed E-state index contributed by atoms with van der Waals surface area (Å²) in [5.74, 6) is 0.920. The van der Waals surface area contributed by atoms with Crippen molar-refractivity contribution in [2.45, 2.75) is 64.2 Å². The molecule has 0 amide bonds. The second-order valence-corrected chi connectivity index (χ2v) is 6.77. The molecular formula is C22H33N. The highest BCUT2D eigenvalue weighted by Crippen LogP contribution is 2.23. The Labute approximate surface area is 142 Å². The predicted octanol–water partition coefficient (Wildman–Crippen LogP) is 6.75. The van der Waals surface area contributed by atoms with Crippen molar-refractivity contribution in [2.24, 2.45) is 5.92 Å². The lowest BCUT2D eigenvalue weighted by atomic mass is 9.90. The Morgan fingerprint density at radius 2 is 1.13 bits per heavy atom. The van der Waals surface area contributed by atoms with Crippen LogP contribution < -0.4 is 5.32 Å². The lowest BCUT2D eigenvalue weighted by Gasteiger charge is -2.19. The van der Waals surface area contributed by atoms with Gasteiger partial charge in [-0.1, -0.05) is 100 Å². The standard InChI is InChI=1S/C22H33N/c1-3-7-11-15-21(16-12-8-4-1)19-20-23-22-17-13-9-5-2-6-10-14-18-22/h2,5-6,9-10,13-14,17-18,21,23H,1,3-4,7-8,11-12,15-16,19-20H2. The monoisotopic (exact) mass is 311 g/mol. The van der Waals surface area contributed by atoms with Gasteiger partial charge in [-0.05, 0) is 24.5 Å². The molecule has 0 aliphatic heterocycles. The third kappa shape index (κ3) is 8.64. The van der Waals surface area contributed by atoms with Crippen molar-refractivity contribution in [3.05, 3.63) is 54.6 Å². The zero-order valence-electron chi connectivity index (χ0n) is 14.6. The van der Waals surface area contributed by atoms with Gasteiger partial charge in [0.2, 0.25) is 0 Å². The molecule has 1 aromatic carbocycles. The Bertz CT molecular complexity index is 432. The van der Waals surface area contributed by atoms with Crippen molar-refractivity contribution in [3.8, 4) is 0 Å². The topological polar surface area (TPSA) is 12.0 Å². The summed E-state index contributed by atoms with van der Waals surface area (Å²) < 4.78 is 0. The maximum atomic E-state index is 3.61. The quantitative estimate of drug-likeness (QED) is 0.648. The lowest BCUT2D eigenvalue weighted by Crippen LogP contribution is -2.10. The van der Waals surface area contributed by atoms with Crippen LogP contribution in [0.3, 0.4) is 0 Å². The molecule has 126 valence electrons. The van der Waals surface area contributed by atoms with Gasteiger partial charge in [0.05, 0.1) is 0 Å². The van der Waals surface area contributed by atoms with Crippen molar-refractivity contribution in [1.29, 1.82) is 0 Å². The highest BCUT2D eigenvalue weighted by atomic mass is 14.9. The smallest absolute Gasteiger partial charge is 0.0340 e. The summed E-state index contributed by atoms with van der Waals surface area (Å²) in [6, 6.07) is 18.8. The van der Waals surface area contributed by atoms with Crippen LogP contribution in [0.2, 0.25) is 0 Å². The first kappa shape index (κ1) is 17.8. The van der Waals surface area contributed by atoms with E-state index in [4.69, 9.17) is 0 Å². The van der Waals surface area contributed by atoms with Gasteiger partial charge in [0.1, 0.15) is 0 Å². The summed E-state index contributed by atoms with van der Waals surface area (Å²) in [6.45, 7) is 1.09. The molecule has 0 unspecified atom stereocenters. The lowest BCUT2D eigenvalue weighted by molar-refractivity contribution is 0.375. The molecule has 1 nitrogen and oxygen atoms in total. The summed E-state index contributed by atoms with van der Waals surface area (Å²) in [7, 11) is 0. The molecule has 0 spiro atoms. The van der Waals surface area contributed by atoms with Crippen molar-refractivity contribution in [2.75, 3.05) is 11.9 Å². The van der Waals surface area contributed by atoms with E-state index in [-0.39, 0.29) is 0 Å². The van der Waals surface area contributed by atoms with E-state index < -0.39 is 0 Å². The Morgan fingerprint density at radius 3 is 1.70 bits per heavy atom. The molecule has 1 heteroatoms.